The van der Waals surface area contributed by atoms with Gasteiger partial charge in [-0.15, -0.1) is 0 Å². The lowest BCUT2D eigenvalue weighted by molar-refractivity contribution is 0.526. The van der Waals surface area contributed by atoms with E-state index in [0.717, 1.165) is 31.4 Å². The van der Waals surface area contributed by atoms with E-state index in [1.807, 2.05) is 37.3 Å². The number of nitrogens with zero attached hydrogens (tertiary/aromatic N) is 1. The summed E-state index contributed by atoms with van der Waals surface area (Å²) in [6, 6.07) is 9.83. The smallest absolute Gasteiger partial charge is 0.152 e. The highest BCUT2D eigenvalue weighted by atomic mass is 79.9. The van der Waals surface area contributed by atoms with Crippen molar-refractivity contribution in [3.8, 4) is 0 Å². The van der Waals surface area contributed by atoms with Gasteiger partial charge < -0.3 is 9.73 Å². The monoisotopic (exact) mass is 428 g/mol. The zero-order valence-corrected chi connectivity index (χ0v) is 15.0. The first-order valence-electron chi connectivity index (χ1n) is 6.29. The Labute approximate surface area is 144 Å². The van der Waals surface area contributed by atoms with Crippen LogP contribution >= 0.6 is 43.5 Å². The van der Waals surface area contributed by atoms with Crippen molar-refractivity contribution in [2.45, 2.75) is 13.0 Å². The predicted octanol–water partition coefficient (Wildman–Crippen LogP) is 6.18. The molecule has 3 nitrogen and oxygen atoms in total. The van der Waals surface area contributed by atoms with Crippen LogP contribution in [0.5, 0.6) is 0 Å². The molecule has 2 aromatic heterocycles. The maximum absolute atomic E-state index is 6.10. The van der Waals surface area contributed by atoms with E-state index in [1.165, 1.54) is 0 Å². The fourth-order valence-corrected chi connectivity index (χ4v) is 2.94. The number of pyridine rings is 1. The molecule has 0 spiro atoms. The summed E-state index contributed by atoms with van der Waals surface area (Å²) in [7, 11) is 0. The van der Waals surface area contributed by atoms with Gasteiger partial charge in [0, 0.05) is 20.5 Å². The van der Waals surface area contributed by atoms with Gasteiger partial charge in [0.2, 0.25) is 0 Å². The fraction of sp³-hybridized carbons (Fsp3) is 0.133. The maximum atomic E-state index is 6.10. The molecule has 2 heterocycles. The molecule has 1 atom stereocenters. The Kier molecular flexibility index (Phi) is 4.24. The molecule has 0 saturated heterocycles. The summed E-state index contributed by atoms with van der Waals surface area (Å²) in [4.78, 5) is 4.10. The second kappa shape index (κ2) is 5.99. The van der Waals surface area contributed by atoms with Gasteiger partial charge in [-0.25, -0.2) is 4.98 Å². The summed E-state index contributed by atoms with van der Waals surface area (Å²) in [5, 5.41) is 4.81. The summed E-state index contributed by atoms with van der Waals surface area (Å²) < 4.78 is 7.77. The van der Waals surface area contributed by atoms with E-state index in [4.69, 9.17) is 16.0 Å². The van der Waals surface area contributed by atoms with Crippen molar-refractivity contribution < 1.29 is 4.42 Å². The molecule has 1 aromatic carbocycles. The first-order chi connectivity index (χ1) is 10.0. The van der Waals surface area contributed by atoms with E-state index < -0.39 is 0 Å². The molecule has 0 aliphatic rings. The molecule has 0 amide bonds. The van der Waals surface area contributed by atoms with Crippen molar-refractivity contribution in [3.63, 3.8) is 0 Å². The van der Waals surface area contributed by atoms with Crippen LogP contribution < -0.4 is 5.32 Å². The van der Waals surface area contributed by atoms with Gasteiger partial charge in [-0.3, -0.25) is 0 Å². The van der Waals surface area contributed by atoms with Gasteiger partial charge in [-0.2, -0.15) is 0 Å². The van der Waals surface area contributed by atoms with Gasteiger partial charge in [-0.05, 0) is 53.2 Å². The Balaban J connectivity index is 1.89. The van der Waals surface area contributed by atoms with E-state index in [1.54, 1.807) is 6.20 Å². The topological polar surface area (TPSA) is 38.1 Å². The number of fused-ring (bicyclic) bond motifs is 1. The molecule has 108 valence electrons. The zero-order chi connectivity index (χ0) is 15.0. The number of nitrogens with one attached hydrogen (secondary N) is 1. The number of rotatable bonds is 3. The lowest BCUT2D eigenvalue weighted by atomic mass is 10.2. The Morgan fingerprint density at radius 1 is 1.19 bits per heavy atom. The predicted molar refractivity (Wildman–Crippen MR) is 92.9 cm³/mol. The van der Waals surface area contributed by atoms with Gasteiger partial charge >= 0.3 is 0 Å². The van der Waals surface area contributed by atoms with Crippen LogP contribution in [-0.2, 0) is 0 Å². The first kappa shape index (κ1) is 14.9. The van der Waals surface area contributed by atoms with Crippen LogP contribution in [-0.4, -0.2) is 4.98 Å². The standard InChI is InChI=1S/C15H11Br2ClN2O/c1-8(20-12-6-11(17)7-19-15(12)18)14-5-9-4-10(16)2-3-13(9)21-14/h2-8,20H,1H3. The van der Waals surface area contributed by atoms with Crippen LogP contribution in [0.15, 0.2) is 49.9 Å². The quantitative estimate of drug-likeness (QED) is 0.504. The Morgan fingerprint density at radius 3 is 2.81 bits per heavy atom. The fourth-order valence-electron chi connectivity index (χ4n) is 2.08. The van der Waals surface area contributed by atoms with Crippen molar-refractivity contribution >= 4 is 60.1 Å². The molecule has 3 aromatic rings. The van der Waals surface area contributed by atoms with Crippen molar-refractivity contribution in [3.05, 3.63) is 56.4 Å². The van der Waals surface area contributed by atoms with Crippen LogP contribution in [0, 0.1) is 0 Å². The molecule has 0 radical (unpaired) electrons. The molecule has 0 saturated carbocycles. The van der Waals surface area contributed by atoms with E-state index in [9.17, 15) is 0 Å². The Morgan fingerprint density at radius 2 is 2.00 bits per heavy atom. The van der Waals surface area contributed by atoms with E-state index in [0.29, 0.717) is 5.15 Å². The third-order valence-electron chi connectivity index (χ3n) is 3.10. The number of anilines is 1. The Bertz CT molecular complexity index is 803. The molecule has 0 bridgehead atoms. The number of hydrogen-bond acceptors (Lipinski definition) is 3. The lowest BCUT2D eigenvalue weighted by Gasteiger charge is -2.13. The molecule has 3 rings (SSSR count). The van der Waals surface area contributed by atoms with Gasteiger partial charge in [0.1, 0.15) is 11.3 Å². The molecular formula is C15H11Br2ClN2O. The zero-order valence-electron chi connectivity index (χ0n) is 11.0. The average molecular weight is 431 g/mol. The second-order valence-electron chi connectivity index (χ2n) is 4.69. The van der Waals surface area contributed by atoms with Gasteiger partial charge in [0.25, 0.3) is 0 Å². The minimum Gasteiger partial charge on any atom is -0.459 e. The molecule has 0 fully saturated rings. The summed E-state index contributed by atoms with van der Waals surface area (Å²) in [5.74, 6) is 0.846. The van der Waals surface area contributed by atoms with Gasteiger partial charge in [0.15, 0.2) is 5.15 Å². The lowest BCUT2D eigenvalue weighted by Crippen LogP contribution is -2.06. The number of furan rings is 1. The van der Waals surface area contributed by atoms with Crippen molar-refractivity contribution in [2.75, 3.05) is 5.32 Å². The van der Waals surface area contributed by atoms with Gasteiger partial charge in [0.05, 0.1) is 11.7 Å². The Hall–Kier alpha value is -1.04. The number of benzene rings is 1. The summed E-state index contributed by atoms with van der Waals surface area (Å²) in [6.45, 7) is 2.02. The molecule has 0 aliphatic carbocycles. The van der Waals surface area contributed by atoms with Crippen molar-refractivity contribution in [2.24, 2.45) is 0 Å². The molecule has 6 heteroatoms. The average Bonchev–Trinajstić information content (AvgIpc) is 2.86. The summed E-state index contributed by atoms with van der Waals surface area (Å²) in [5.41, 5.74) is 1.63. The maximum Gasteiger partial charge on any atom is 0.152 e. The molecule has 1 unspecified atom stereocenters. The highest BCUT2D eigenvalue weighted by molar-refractivity contribution is 9.10. The van der Waals surface area contributed by atoms with Crippen molar-refractivity contribution in [1.29, 1.82) is 0 Å². The molecule has 0 aliphatic heterocycles. The minimum atomic E-state index is -0.0234. The normalized spacial score (nSPS) is 12.6. The number of hydrogen-bond donors (Lipinski definition) is 1. The van der Waals surface area contributed by atoms with Crippen LogP contribution in [0.1, 0.15) is 18.7 Å². The summed E-state index contributed by atoms with van der Waals surface area (Å²) in [6.07, 6.45) is 1.66. The largest absolute Gasteiger partial charge is 0.459 e. The van der Waals surface area contributed by atoms with E-state index in [-0.39, 0.29) is 6.04 Å². The molecule has 21 heavy (non-hydrogen) atoms. The molecule has 1 N–H and O–H groups in total. The van der Waals surface area contributed by atoms with Crippen LogP contribution in [0.2, 0.25) is 5.15 Å². The van der Waals surface area contributed by atoms with Crippen LogP contribution in [0.25, 0.3) is 11.0 Å². The van der Waals surface area contributed by atoms with E-state index in [2.05, 4.69) is 42.2 Å². The number of aromatic nitrogens is 1. The third-order valence-corrected chi connectivity index (χ3v) is 4.33. The first-order valence-corrected chi connectivity index (χ1v) is 8.26. The van der Waals surface area contributed by atoms with E-state index >= 15 is 0 Å². The second-order valence-corrected chi connectivity index (χ2v) is 6.88. The van der Waals surface area contributed by atoms with Crippen molar-refractivity contribution in [1.82, 2.24) is 4.98 Å². The highest BCUT2D eigenvalue weighted by Crippen LogP contribution is 2.30. The molecular weight excluding hydrogens is 419 g/mol. The SMILES string of the molecule is CC(Nc1cc(Br)cnc1Cl)c1cc2cc(Br)ccc2o1. The third kappa shape index (κ3) is 3.25. The van der Waals surface area contributed by atoms with Gasteiger partial charge in [-0.1, -0.05) is 27.5 Å². The van der Waals surface area contributed by atoms with Crippen LogP contribution in [0.3, 0.4) is 0 Å². The summed E-state index contributed by atoms with van der Waals surface area (Å²) >= 11 is 12.9. The van der Waals surface area contributed by atoms with Crippen LogP contribution in [0.4, 0.5) is 5.69 Å². The minimum absolute atomic E-state index is 0.0234. The highest BCUT2D eigenvalue weighted by Gasteiger charge is 2.13. The number of halogens is 3.